The Bertz CT molecular complexity index is 894. The minimum Gasteiger partial charge on any atom is -0.462 e. The first-order valence-corrected chi connectivity index (χ1v) is 11.0. The van der Waals surface area contributed by atoms with E-state index in [1.807, 2.05) is 18.2 Å². The van der Waals surface area contributed by atoms with Crippen LogP contribution in [0.25, 0.3) is 0 Å². The number of hydrogen-bond acceptors (Lipinski definition) is 6. The Morgan fingerprint density at radius 2 is 2.10 bits per heavy atom. The molecule has 5 nitrogen and oxygen atoms in total. The molecule has 0 aliphatic carbocycles. The highest BCUT2D eigenvalue weighted by molar-refractivity contribution is 7.18. The summed E-state index contributed by atoms with van der Waals surface area (Å²) in [6.45, 7) is 8.69. The minimum atomic E-state index is -0.368. The van der Waals surface area contributed by atoms with Crippen molar-refractivity contribution in [1.82, 2.24) is 0 Å². The third kappa shape index (κ3) is 4.72. The topological polar surface area (TPSA) is 64.8 Å². The average Bonchev–Trinajstić information content (AvgIpc) is 3.06. The van der Waals surface area contributed by atoms with E-state index in [1.165, 1.54) is 11.3 Å². The van der Waals surface area contributed by atoms with Crippen LogP contribution in [0.3, 0.4) is 0 Å². The van der Waals surface area contributed by atoms with Crippen molar-refractivity contribution >= 4 is 51.2 Å². The zero-order chi connectivity index (χ0) is 21.0. The van der Waals surface area contributed by atoms with Crippen molar-refractivity contribution in [3.63, 3.8) is 0 Å². The highest BCUT2D eigenvalue weighted by Crippen LogP contribution is 2.46. The first kappa shape index (κ1) is 22.0. The number of allylic oxidation sites excluding steroid dienone is 1. The number of anilines is 2. The van der Waals surface area contributed by atoms with E-state index in [4.69, 9.17) is 38.4 Å². The molecule has 2 aromatic rings. The van der Waals surface area contributed by atoms with Gasteiger partial charge < -0.3 is 20.1 Å². The van der Waals surface area contributed by atoms with Crippen LogP contribution >= 0.6 is 34.5 Å². The molecule has 1 unspecified atom stereocenters. The lowest BCUT2D eigenvalue weighted by Crippen LogP contribution is -2.36. The molecule has 1 aromatic carbocycles. The molecule has 1 atom stereocenters. The van der Waals surface area contributed by atoms with Crippen molar-refractivity contribution in [3.8, 4) is 0 Å². The summed E-state index contributed by atoms with van der Waals surface area (Å²) < 4.78 is 10.8. The van der Waals surface area contributed by atoms with Crippen molar-refractivity contribution in [2.45, 2.75) is 19.3 Å². The number of ether oxygens (including phenoxy) is 2. The van der Waals surface area contributed by atoms with E-state index in [2.05, 4.69) is 11.5 Å². The zero-order valence-electron chi connectivity index (χ0n) is 16.2. The molecule has 2 N–H and O–H groups in total. The Labute approximate surface area is 185 Å². The monoisotopic (exact) mass is 454 g/mol. The van der Waals surface area contributed by atoms with E-state index in [0.717, 1.165) is 29.2 Å². The Balaban J connectivity index is 2.14. The molecule has 29 heavy (non-hydrogen) atoms. The number of carbonyl (C=O) groups is 1. The van der Waals surface area contributed by atoms with Crippen LogP contribution < -0.4 is 10.6 Å². The summed E-state index contributed by atoms with van der Waals surface area (Å²) in [6.07, 6.45) is 2.40. The molecule has 0 saturated carbocycles. The lowest BCUT2D eigenvalue weighted by atomic mass is 9.87. The van der Waals surface area contributed by atoms with Crippen molar-refractivity contribution in [2.24, 2.45) is 0 Å². The molecule has 3 rings (SSSR count). The maximum atomic E-state index is 12.8. The lowest BCUT2D eigenvalue weighted by molar-refractivity contribution is 0.0530. The van der Waals surface area contributed by atoms with Crippen molar-refractivity contribution in [1.29, 1.82) is 0 Å². The van der Waals surface area contributed by atoms with Crippen molar-refractivity contribution < 1.29 is 14.3 Å². The summed E-state index contributed by atoms with van der Waals surface area (Å²) in [5.41, 5.74) is 8.90. The molecule has 1 saturated heterocycles. The average molecular weight is 455 g/mol. The zero-order valence-corrected chi connectivity index (χ0v) is 18.6. The van der Waals surface area contributed by atoms with Crippen LogP contribution in [0, 0.1) is 0 Å². The molecule has 0 radical (unpaired) electrons. The van der Waals surface area contributed by atoms with Gasteiger partial charge in [0.15, 0.2) is 0 Å². The molecular weight excluding hydrogens is 431 g/mol. The quantitative estimate of drug-likeness (QED) is 0.450. The first-order valence-electron chi connectivity index (χ1n) is 9.45. The molecular formula is C21H24Cl2N2O3S. The Morgan fingerprint density at radius 1 is 1.38 bits per heavy atom. The van der Waals surface area contributed by atoms with Gasteiger partial charge in [0.1, 0.15) is 9.88 Å². The summed E-state index contributed by atoms with van der Waals surface area (Å²) in [5.74, 6) is -0.555. The van der Waals surface area contributed by atoms with Gasteiger partial charge in [0, 0.05) is 24.6 Å². The second-order valence-corrected chi connectivity index (χ2v) is 8.45. The second kappa shape index (κ2) is 9.85. The molecule has 8 heteroatoms. The molecule has 1 aliphatic rings. The van der Waals surface area contributed by atoms with Gasteiger partial charge in [-0.1, -0.05) is 35.3 Å². The number of halogens is 2. The number of esters is 1. The van der Waals surface area contributed by atoms with Crippen LogP contribution in [-0.2, 0) is 9.47 Å². The number of thiophene rings is 1. The number of morpholine rings is 1. The van der Waals surface area contributed by atoms with Crippen LogP contribution in [0.4, 0.5) is 10.7 Å². The van der Waals surface area contributed by atoms with E-state index >= 15 is 0 Å². The summed E-state index contributed by atoms with van der Waals surface area (Å²) >= 11 is 13.7. The summed E-state index contributed by atoms with van der Waals surface area (Å²) in [5, 5.41) is 1.81. The molecule has 0 amide bonds. The Kier molecular flexibility index (Phi) is 7.46. The predicted octanol–water partition coefficient (Wildman–Crippen LogP) is 5.36. The Hall–Kier alpha value is -1.73. The van der Waals surface area contributed by atoms with Crippen molar-refractivity contribution in [2.75, 3.05) is 43.5 Å². The van der Waals surface area contributed by atoms with E-state index in [0.29, 0.717) is 46.9 Å². The third-order valence-electron chi connectivity index (χ3n) is 4.82. The number of hydrogen-bond donors (Lipinski definition) is 1. The molecule has 1 aromatic heterocycles. The van der Waals surface area contributed by atoms with E-state index in [1.54, 1.807) is 13.0 Å². The number of nitrogen functional groups attached to an aromatic ring is 1. The van der Waals surface area contributed by atoms with E-state index < -0.39 is 0 Å². The van der Waals surface area contributed by atoms with Gasteiger partial charge in [-0.15, -0.1) is 17.9 Å². The van der Waals surface area contributed by atoms with Crippen LogP contribution in [0.15, 0.2) is 30.9 Å². The molecule has 2 heterocycles. The van der Waals surface area contributed by atoms with Crippen LogP contribution in [0.1, 0.15) is 40.1 Å². The SMILES string of the molecule is C=CCC(c1ccc(Cl)c(Cl)c1)c1c(C(=O)OCC)sc(N2CCOCC2)c1N. The molecule has 156 valence electrons. The van der Waals surface area contributed by atoms with Crippen LogP contribution in [-0.4, -0.2) is 38.9 Å². The van der Waals surface area contributed by atoms with Gasteiger partial charge in [-0.25, -0.2) is 4.79 Å². The summed E-state index contributed by atoms with van der Waals surface area (Å²) in [6, 6.07) is 5.48. The number of nitrogens with zero attached hydrogens (tertiary/aromatic N) is 1. The number of nitrogens with two attached hydrogens (primary N) is 1. The maximum absolute atomic E-state index is 12.8. The van der Waals surface area contributed by atoms with Gasteiger partial charge in [-0.05, 0) is 31.0 Å². The molecule has 0 bridgehead atoms. The van der Waals surface area contributed by atoms with E-state index in [9.17, 15) is 4.79 Å². The van der Waals surface area contributed by atoms with Gasteiger partial charge in [0.05, 0.1) is 35.6 Å². The minimum absolute atomic E-state index is 0.187. The lowest BCUT2D eigenvalue weighted by Gasteiger charge is -2.28. The van der Waals surface area contributed by atoms with Gasteiger partial charge in [-0.3, -0.25) is 0 Å². The smallest absolute Gasteiger partial charge is 0.348 e. The first-order chi connectivity index (χ1) is 14.0. The van der Waals surface area contributed by atoms with Gasteiger partial charge in [-0.2, -0.15) is 0 Å². The van der Waals surface area contributed by atoms with Crippen LogP contribution in [0.2, 0.25) is 10.0 Å². The number of benzene rings is 1. The fourth-order valence-electron chi connectivity index (χ4n) is 3.46. The van der Waals surface area contributed by atoms with Gasteiger partial charge in [0.2, 0.25) is 0 Å². The predicted molar refractivity (Wildman–Crippen MR) is 121 cm³/mol. The fraction of sp³-hybridized carbons (Fsp3) is 0.381. The van der Waals surface area contributed by atoms with Gasteiger partial charge in [0.25, 0.3) is 0 Å². The Morgan fingerprint density at radius 3 is 2.72 bits per heavy atom. The maximum Gasteiger partial charge on any atom is 0.348 e. The summed E-state index contributed by atoms with van der Waals surface area (Å²) in [7, 11) is 0. The van der Waals surface area contributed by atoms with Crippen molar-refractivity contribution in [3.05, 3.63) is 56.9 Å². The largest absolute Gasteiger partial charge is 0.462 e. The summed E-state index contributed by atoms with van der Waals surface area (Å²) in [4.78, 5) is 15.5. The third-order valence-corrected chi connectivity index (χ3v) is 6.82. The number of carbonyl (C=O) groups excluding carboxylic acids is 1. The highest BCUT2D eigenvalue weighted by atomic mass is 35.5. The molecule has 0 spiro atoms. The van der Waals surface area contributed by atoms with Crippen LogP contribution in [0.5, 0.6) is 0 Å². The number of rotatable bonds is 7. The standard InChI is InChI=1S/C21H24Cl2N2O3S/c1-3-5-14(13-6-7-15(22)16(23)12-13)17-18(24)20(25-8-10-27-11-9-25)29-19(17)21(26)28-4-2/h3,6-7,12,14H,1,4-5,8-11,24H2,2H3. The molecule has 1 aliphatic heterocycles. The van der Waals surface area contributed by atoms with E-state index in [-0.39, 0.29) is 11.9 Å². The normalized spacial score (nSPS) is 15.2. The fourth-order valence-corrected chi connectivity index (χ4v) is 4.99. The second-order valence-electron chi connectivity index (χ2n) is 6.63. The highest BCUT2D eigenvalue weighted by Gasteiger charge is 2.31. The molecule has 1 fully saturated rings. The van der Waals surface area contributed by atoms with Gasteiger partial charge >= 0.3 is 5.97 Å².